The largest absolute Gasteiger partial charge is 0.338 e. The summed E-state index contributed by atoms with van der Waals surface area (Å²) in [5.41, 5.74) is 4.30. The molecule has 3 aromatic rings. The van der Waals surface area contributed by atoms with Crippen molar-refractivity contribution in [3.05, 3.63) is 102 Å². The van der Waals surface area contributed by atoms with Crippen molar-refractivity contribution in [2.75, 3.05) is 11.4 Å². The Bertz CT molecular complexity index is 986. The number of anilines is 1. The molecular weight excluding hydrogens is 360 g/mol. The Morgan fingerprint density at radius 1 is 0.793 bits per heavy atom. The molecule has 0 atom stereocenters. The molecule has 0 radical (unpaired) electrons. The van der Waals surface area contributed by atoms with E-state index in [2.05, 4.69) is 12.1 Å². The van der Waals surface area contributed by atoms with E-state index in [0.717, 1.165) is 17.7 Å². The van der Waals surface area contributed by atoms with E-state index in [4.69, 9.17) is 0 Å². The van der Waals surface area contributed by atoms with Gasteiger partial charge in [-0.3, -0.25) is 9.59 Å². The third kappa shape index (κ3) is 4.54. The van der Waals surface area contributed by atoms with Crippen LogP contribution in [-0.2, 0) is 29.1 Å². The zero-order valence-corrected chi connectivity index (χ0v) is 16.3. The van der Waals surface area contributed by atoms with Crippen molar-refractivity contribution in [3.8, 4) is 0 Å². The summed E-state index contributed by atoms with van der Waals surface area (Å²) in [5.74, 6) is -0.289. The van der Waals surface area contributed by atoms with E-state index in [1.165, 1.54) is 11.1 Å². The van der Waals surface area contributed by atoms with E-state index >= 15 is 0 Å². The van der Waals surface area contributed by atoms with Crippen LogP contribution >= 0.6 is 0 Å². The van der Waals surface area contributed by atoms with E-state index in [-0.39, 0.29) is 18.2 Å². The highest BCUT2D eigenvalue weighted by Gasteiger charge is 2.25. The predicted molar refractivity (Wildman–Crippen MR) is 114 cm³/mol. The Morgan fingerprint density at radius 2 is 1.41 bits per heavy atom. The summed E-state index contributed by atoms with van der Waals surface area (Å²) in [5, 5.41) is 0. The minimum atomic E-state index is -0.177. The summed E-state index contributed by atoms with van der Waals surface area (Å²) in [6.45, 7) is 1.68. The predicted octanol–water partition coefficient (Wildman–Crippen LogP) is 4.19. The lowest BCUT2D eigenvalue weighted by molar-refractivity contribution is -0.136. The summed E-state index contributed by atoms with van der Waals surface area (Å²) in [6.07, 6.45) is 0.715. The summed E-state index contributed by atoms with van der Waals surface area (Å²) < 4.78 is 0. The molecule has 0 unspecified atom stereocenters. The van der Waals surface area contributed by atoms with Gasteiger partial charge in [-0.2, -0.15) is 0 Å². The third-order valence-electron chi connectivity index (χ3n) is 5.34. The van der Waals surface area contributed by atoms with Crippen molar-refractivity contribution in [1.29, 1.82) is 0 Å². The molecule has 4 rings (SSSR count). The number of hydrogen-bond acceptors (Lipinski definition) is 2. The van der Waals surface area contributed by atoms with Crippen LogP contribution in [0.5, 0.6) is 0 Å². The maximum Gasteiger partial charge on any atom is 0.236 e. The van der Waals surface area contributed by atoms with Crippen LogP contribution in [-0.4, -0.2) is 23.3 Å². The van der Waals surface area contributed by atoms with E-state index in [1.807, 2.05) is 72.8 Å². The lowest BCUT2D eigenvalue weighted by Crippen LogP contribution is -2.40. The van der Waals surface area contributed by atoms with E-state index < -0.39 is 0 Å². The molecule has 0 spiro atoms. The van der Waals surface area contributed by atoms with Crippen molar-refractivity contribution in [2.45, 2.75) is 25.9 Å². The average molecular weight is 384 g/mol. The number of benzene rings is 3. The molecule has 29 heavy (non-hydrogen) atoms. The number of carbonyl (C=O) groups excluding carboxylic acids is 2. The highest BCUT2D eigenvalue weighted by molar-refractivity contribution is 6.05. The van der Waals surface area contributed by atoms with Crippen molar-refractivity contribution >= 4 is 17.5 Å². The first-order valence-electron chi connectivity index (χ1n) is 9.94. The van der Waals surface area contributed by atoms with Crippen LogP contribution in [0.1, 0.15) is 23.1 Å². The summed E-state index contributed by atoms with van der Waals surface area (Å²) >= 11 is 0. The van der Waals surface area contributed by atoms with E-state index in [0.29, 0.717) is 19.6 Å². The normalized spacial score (nSPS) is 12.9. The Labute approximate surface area is 171 Å². The van der Waals surface area contributed by atoms with Gasteiger partial charge in [0.1, 0.15) is 6.42 Å². The second-order valence-electron chi connectivity index (χ2n) is 7.31. The van der Waals surface area contributed by atoms with Crippen LogP contribution in [0.15, 0.2) is 84.9 Å². The molecule has 0 N–H and O–H groups in total. The Kier molecular flexibility index (Phi) is 5.71. The van der Waals surface area contributed by atoms with E-state index in [1.54, 1.807) is 9.80 Å². The van der Waals surface area contributed by atoms with Gasteiger partial charge in [0.2, 0.25) is 11.8 Å². The summed E-state index contributed by atoms with van der Waals surface area (Å²) in [7, 11) is 0. The molecule has 0 aromatic heterocycles. The van der Waals surface area contributed by atoms with Gasteiger partial charge in [0.25, 0.3) is 0 Å². The standard InChI is InChI=1S/C25H24N2O2/c28-24(26-16-15-21-11-7-8-12-22(21)19-26)17-25(29)27(23-13-5-2-6-14-23)18-20-9-3-1-4-10-20/h1-14H,15-19H2. The van der Waals surface area contributed by atoms with Gasteiger partial charge in [-0.25, -0.2) is 0 Å². The van der Waals surface area contributed by atoms with Gasteiger partial charge in [0.05, 0.1) is 6.54 Å². The highest BCUT2D eigenvalue weighted by Crippen LogP contribution is 2.21. The van der Waals surface area contributed by atoms with Crippen molar-refractivity contribution in [2.24, 2.45) is 0 Å². The number of para-hydroxylation sites is 1. The molecular formula is C25H24N2O2. The maximum absolute atomic E-state index is 13.1. The smallest absolute Gasteiger partial charge is 0.236 e. The van der Waals surface area contributed by atoms with Crippen LogP contribution in [0.3, 0.4) is 0 Å². The monoisotopic (exact) mass is 384 g/mol. The zero-order chi connectivity index (χ0) is 20.1. The second kappa shape index (κ2) is 8.74. The fraction of sp³-hybridized carbons (Fsp3) is 0.200. The highest BCUT2D eigenvalue weighted by atomic mass is 16.2. The Balaban J connectivity index is 1.48. The summed E-state index contributed by atoms with van der Waals surface area (Å²) in [6, 6.07) is 27.6. The van der Waals surface area contributed by atoms with Crippen LogP contribution in [0.4, 0.5) is 5.69 Å². The lowest BCUT2D eigenvalue weighted by atomic mass is 10.00. The third-order valence-corrected chi connectivity index (χ3v) is 5.34. The first kappa shape index (κ1) is 18.9. The van der Waals surface area contributed by atoms with Crippen LogP contribution in [0, 0.1) is 0 Å². The molecule has 0 bridgehead atoms. The molecule has 4 nitrogen and oxygen atoms in total. The van der Waals surface area contributed by atoms with Gasteiger partial charge in [-0.05, 0) is 35.2 Å². The average Bonchev–Trinajstić information content (AvgIpc) is 2.78. The number of carbonyl (C=O) groups is 2. The molecule has 1 aliphatic heterocycles. The molecule has 0 saturated heterocycles. The molecule has 1 heterocycles. The molecule has 0 saturated carbocycles. The van der Waals surface area contributed by atoms with Crippen molar-refractivity contribution in [3.63, 3.8) is 0 Å². The van der Waals surface area contributed by atoms with Gasteiger partial charge in [0.15, 0.2) is 0 Å². The van der Waals surface area contributed by atoms with Crippen LogP contribution in [0.2, 0.25) is 0 Å². The first-order valence-corrected chi connectivity index (χ1v) is 9.94. The SMILES string of the molecule is O=C(CC(=O)N(Cc1ccccc1)c1ccccc1)N1CCc2ccccc2C1. The molecule has 1 aliphatic rings. The van der Waals surface area contributed by atoms with Gasteiger partial charge < -0.3 is 9.80 Å². The topological polar surface area (TPSA) is 40.6 Å². The van der Waals surface area contributed by atoms with Gasteiger partial charge in [-0.1, -0.05) is 72.8 Å². The molecule has 146 valence electrons. The quantitative estimate of drug-likeness (QED) is 0.619. The minimum Gasteiger partial charge on any atom is -0.338 e. The fourth-order valence-corrected chi connectivity index (χ4v) is 3.74. The number of rotatable bonds is 5. The van der Waals surface area contributed by atoms with Gasteiger partial charge in [-0.15, -0.1) is 0 Å². The van der Waals surface area contributed by atoms with Gasteiger partial charge in [0, 0.05) is 18.8 Å². The van der Waals surface area contributed by atoms with Crippen LogP contribution < -0.4 is 4.90 Å². The van der Waals surface area contributed by atoms with Crippen molar-refractivity contribution < 1.29 is 9.59 Å². The molecule has 2 amide bonds. The second-order valence-corrected chi connectivity index (χ2v) is 7.31. The first-order chi connectivity index (χ1) is 14.2. The number of hydrogen-bond donors (Lipinski definition) is 0. The minimum absolute atomic E-state index is 0.113. The summed E-state index contributed by atoms with van der Waals surface area (Å²) in [4.78, 5) is 29.5. The zero-order valence-electron chi connectivity index (χ0n) is 16.3. The number of fused-ring (bicyclic) bond motifs is 1. The Hall–Kier alpha value is -3.40. The number of amides is 2. The fourth-order valence-electron chi connectivity index (χ4n) is 3.74. The maximum atomic E-state index is 13.1. The Morgan fingerprint density at radius 3 is 2.14 bits per heavy atom. The number of nitrogens with zero attached hydrogens (tertiary/aromatic N) is 2. The van der Waals surface area contributed by atoms with Gasteiger partial charge >= 0.3 is 0 Å². The van der Waals surface area contributed by atoms with E-state index in [9.17, 15) is 9.59 Å². The molecule has 4 heteroatoms. The molecule has 0 aliphatic carbocycles. The van der Waals surface area contributed by atoms with Crippen molar-refractivity contribution in [1.82, 2.24) is 4.90 Å². The molecule has 0 fully saturated rings. The molecule has 3 aromatic carbocycles. The lowest BCUT2D eigenvalue weighted by Gasteiger charge is -2.30. The van der Waals surface area contributed by atoms with Crippen LogP contribution in [0.25, 0.3) is 0 Å².